The molecule has 1 heterocycles. The van der Waals surface area contributed by atoms with E-state index in [0.717, 1.165) is 23.1 Å². The molecule has 0 radical (unpaired) electrons. The van der Waals surface area contributed by atoms with Crippen molar-refractivity contribution < 1.29 is 0 Å². The van der Waals surface area contributed by atoms with Crippen molar-refractivity contribution in [3.63, 3.8) is 0 Å². The molecule has 20 heavy (non-hydrogen) atoms. The molecule has 3 rings (SSSR count). The van der Waals surface area contributed by atoms with Gasteiger partial charge in [-0.1, -0.05) is 12.1 Å². The maximum atomic E-state index is 4.04. The van der Waals surface area contributed by atoms with Gasteiger partial charge in [-0.2, -0.15) is 5.10 Å². The van der Waals surface area contributed by atoms with Crippen molar-refractivity contribution in [1.82, 2.24) is 10.2 Å². The Kier molecular flexibility index (Phi) is 3.18. The van der Waals surface area contributed by atoms with E-state index in [1.54, 1.807) is 0 Å². The number of hydrogen-bond acceptors (Lipinski definition) is 2. The molecule has 0 aliphatic heterocycles. The van der Waals surface area contributed by atoms with Crippen molar-refractivity contribution in [3.8, 4) is 0 Å². The first kappa shape index (κ1) is 12.7. The van der Waals surface area contributed by atoms with Gasteiger partial charge in [0.1, 0.15) is 0 Å². The van der Waals surface area contributed by atoms with Gasteiger partial charge in [0.05, 0.1) is 11.7 Å². The first-order valence-electron chi connectivity index (χ1n) is 6.87. The van der Waals surface area contributed by atoms with E-state index in [1.807, 2.05) is 6.20 Å². The normalized spacial score (nSPS) is 10.9. The third-order valence-corrected chi connectivity index (χ3v) is 3.88. The fourth-order valence-corrected chi connectivity index (χ4v) is 2.46. The molecule has 0 saturated carbocycles. The third kappa shape index (κ3) is 2.39. The van der Waals surface area contributed by atoms with Crippen molar-refractivity contribution in [1.29, 1.82) is 0 Å². The Labute approximate surface area is 119 Å². The molecule has 0 fully saturated rings. The summed E-state index contributed by atoms with van der Waals surface area (Å²) in [5.41, 5.74) is 7.57. The number of rotatable bonds is 3. The average Bonchev–Trinajstić information content (AvgIpc) is 2.89. The Hall–Kier alpha value is -2.29. The van der Waals surface area contributed by atoms with E-state index >= 15 is 0 Å². The van der Waals surface area contributed by atoms with Gasteiger partial charge in [0.2, 0.25) is 0 Å². The molecule has 0 amide bonds. The van der Waals surface area contributed by atoms with Crippen molar-refractivity contribution >= 4 is 16.6 Å². The maximum Gasteiger partial charge on any atom is 0.0651 e. The zero-order valence-electron chi connectivity index (χ0n) is 12.1. The number of nitrogens with one attached hydrogen (secondary N) is 2. The zero-order valence-corrected chi connectivity index (χ0v) is 12.1. The van der Waals surface area contributed by atoms with Crippen molar-refractivity contribution in [2.45, 2.75) is 27.3 Å². The quantitative estimate of drug-likeness (QED) is 0.748. The largest absolute Gasteiger partial charge is 0.381 e. The van der Waals surface area contributed by atoms with Gasteiger partial charge in [-0.05, 0) is 61.2 Å². The van der Waals surface area contributed by atoms with E-state index < -0.39 is 0 Å². The van der Waals surface area contributed by atoms with E-state index in [-0.39, 0.29) is 0 Å². The highest BCUT2D eigenvalue weighted by Crippen LogP contribution is 2.19. The predicted octanol–water partition coefficient (Wildman–Crippen LogP) is 4.10. The topological polar surface area (TPSA) is 40.7 Å². The van der Waals surface area contributed by atoms with Crippen LogP contribution in [0.2, 0.25) is 0 Å². The minimum absolute atomic E-state index is 0.844. The maximum absolute atomic E-state index is 4.04. The average molecular weight is 265 g/mol. The number of nitrogens with zero attached hydrogens (tertiary/aromatic N) is 1. The van der Waals surface area contributed by atoms with E-state index in [0.29, 0.717) is 0 Å². The summed E-state index contributed by atoms with van der Waals surface area (Å²) in [7, 11) is 0. The van der Waals surface area contributed by atoms with E-state index in [2.05, 4.69) is 66.6 Å². The molecule has 0 unspecified atom stereocenters. The van der Waals surface area contributed by atoms with Crippen LogP contribution >= 0.6 is 0 Å². The molecule has 0 spiro atoms. The summed E-state index contributed by atoms with van der Waals surface area (Å²) in [6.07, 6.45) is 1.85. The molecular formula is C17H19N3. The van der Waals surface area contributed by atoms with Crippen LogP contribution in [-0.2, 0) is 6.54 Å². The molecule has 0 saturated heterocycles. The smallest absolute Gasteiger partial charge is 0.0651 e. The number of hydrogen-bond donors (Lipinski definition) is 2. The van der Waals surface area contributed by atoms with Crippen LogP contribution in [-0.4, -0.2) is 10.2 Å². The summed E-state index contributed by atoms with van der Waals surface area (Å²) in [4.78, 5) is 0. The fraction of sp³-hybridized carbons (Fsp3) is 0.235. The van der Waals surface area contributed by atoms with Gasteiger partial charge >= 0.3 is 0 Å². The minimum atomic E-state index is 0.844. The molecule has 0 aliphatic rings. The summed E-state index contributed by atoms with van der Waals surface area (Å²) < 4.78 is 0. The molecule has 3 nitrogen and oxygen atoms in total. The third-order valence-electron chi connectivity index (χ3n) is 3.88. The standard InChI is InChI=1S/C17H19N3/c1-11-6-13(3)14(7-12(11)2)9-18-16-4-5-17-15(8-16)10-19-20-17/h4-8,10,18H,9H2,1-3H3,(H,19,20). The van der Waals surface area contributed by atoms with Gasteiger partial charge < -0.3 is 5.32 Å². The van der Waals surface area contributed by atoms with Gasteiger partial charge in [0.15, 0.2) is 0 Å². The fourth-order valence-electron chi connectivity index (χ4n) is 2.46. The van der Waals surface area contributed by atoms with Gasteiger partial charge in [0, 0.05) is 17.6 Å². The molecule has 102 valence electrons. The molecular weight excluding hydrogens is 246 g/mol. The molecule has 3 aromatic rings. The number of anilines is 1. The van der Waals surface area contributed by atoms with E-state index in [4.69, 9.17) is 0 Å². The van der Waals surface area contributed by atoms with E-state index in [9.17, 15) is 0 Å². The molecule has 3 heteroatoms. The number of H-pyrrole nitrogens is 1. The Morgan fingerprint density at radius 2 is 1.80 bits per heavy atom. The Balaban J connectivity index is 1.80. The number of benzene rings is 2. The second kappa shape index (κ2) is 5.00. The van der Waals surface area contributed by atoms with Crippen LogP contribution < -0.4 is 5.32 Å². The Bertz CT molecular complexity index is 756. The Morgan fingerprint density at radius 3 is 2.65 bits per heavy atom. The number of aryl methyl sites for hydroxylation is 3. The second-order valence-electron chi connectivity index (χ2n) is 5.39. The minimum Gasteiger partial charge on any atom is -0.381 e. The lowest BCUT2D eigenvalue weighted by Crippen LogP contribution is -2.02. The summed E-state index contributed by atoms with van der Waals surface area (Å²) in [5, 5.41) is 11.6. The molecule has 0 aliphatic carbocycles. The van der Waals surface area contributed by atoms with Gasteiger partial charge in [-0.15, -0.1) is 0 Å². The van der Waals surface area contributed by atoms with Crippen molar-refractivity contribution in [2.24, 2.45) is 0 Å². The van der Waals surface area contributed by atoms with E-state index in [1.165, 1.54) is 22.3 Å². The van der Waals surface area contributed by atoms with Crippen LogP contribution in [0, 0.1) is 20.8 Å². The highest BCUT2D eigenvalue weighted by molar-refractivity contribution is 5.81. The van der Waals surface area contributed by atoms with Crippen LogP contribution in [0.5, 0.6) is 0 Å². The van der Waals surface area contributed by atoms with Crippen LogP contribution in [0.25, 0.3) is 10.9 Å². The highest BCUT2D eigenvalue weighted by atomic mass is 15.1. The number of fused-ring (bicyclic) bond motifs is 1. The lowest BCUT2D eigenvalue weighted by molar-refractivity contribution is 1.10. The first-order chi connectivity index (χ1) is 9.63. The summed E-state index contributed by atoms with van der Waals surface area (Å²) in [6.45, 7) is 7.33. The van der Waals surface area contributed by atoms with Crippen LogP contribution in [0.3, 0.4) is 0 Å². The Morgan fingerprint density at radius 1 is 1.00 bits per heavy atom. The molecule has 2 N–H and O–H groups in total. The van der Waals surface area contributed by atoms with Gasteiger partial charge in [-0.25, -0.2) is 0 Å². The number of aromatic nitrogens is 2. The van der Waals surface area contributed by atoms with Crippen molar-refractivity contribution in [3.05, 3.63) is 58.8 Å². The monoisotopic (exact) mass is 265 g/mol. The van der Waals surface area contributed by atoms with Crippen molar-refractivity contribution in [2.75, 3.05) is 5.32 Å². The lowest BCUT2D eigenvalue weighted by Gasteiger charge is -2.12. The molecule has 0 atom stereocenters. The SMILES string of the molecule is Cc1cc(C)c(CNc2ccc3[nH]ncc3c2)cc1C. The van der Waals surface area contributed by atoms with Gasteiger partial charge in [-0.3, -0.25) is 5.10 Å². The predicted molar refractivity (Wildman–Crippen MR) is 84.1 cm³/mol. The second-order valence-corrected chi connectivity index (χ2v) is 5.39. The molecule has 2 aromatic carbocycles. The van der Waals surface area contributed by atoms with Crippen LogP contribution in [0.15, 0.2) is 36.5 Å². The summed E-state index contributed by atoms with van der Waals surface area (Å²) in [5.74, 6) is 0. The highest BCUT2D eigenvalue weighted by Gasteiger charge is 2.03. The van der Waals surface area contributed by atoms with Crippen LogP contribution in [0.1, 0.15) is 22.3 Å². The molecule has 1 aromatic heterocycles. The lowest BCUT2D eigenvalue weighted by atomic mass is 10.0. The number of aromatic amines is 1. The summed E-state index contributed by atoms with van der Waals surface area (Å²) >= 11 is 0. The zero-order chi connectivity index (χ0) is 14.1. The van der Waals surface area contributed by atoms with Gasteiger partial charge in [0.25, 0.3) is 0 Å². The molecule has 0 bridgehead atoms. The first-order valence-corrected chi connectivity index (χ1v) is 6.87. The summed E-state index contributed by atoms with van der Waals surface area (Å²) in [6, 6.07) is 10.8. The van der Waals surface area contributed by atoms with Crippen LogP contribution in [0.4, 0.5) is 5.69 Å².